The second kappa shape index (κ2) is 3.98. The van der Waals surface area contributed by atoms with E-state index in [1.54, 1.807) is 6.20 Å². The Morgan fingerprint density at radius 1 is 1.25 bits per heavy atom. The lowest BCUT2D eigenvalue weighted by molar-refractivity contribution is 0.142. The van der Waals surface area contributed by atoms with Gasteiger partial charge in [-0.3, -0.25) is 0 Å². The lowest BCUT2D eigenvalue weighted by Crippen LogP contribution is -2.50. The van der Waals surface area contributed by atoms with Crippen molar-refractivity contribution in [3.8, 4) is 11.4 Å². The Bertz CT molecular complexity index is 446. The van der Waals surface area contributed by atoms with E-state index in [1.807, 2.05) is 41.2 Å². The van der Waals surface area contributed by atoms with Crippen molar-refractivity contribution in [2.45, 2.75) is 6.10 Å². The Morgan fingerprint density at radius 2 is 2.06 bits per heavy atom. The molecule has 16 heavy (non-hydrogen) atoms. The molecule has 1 aliphatic rings. The summed E-state index contributed by atoms with van der Waals surface area (Å²) in [6.07, 6.45) is 4.02. The van der Waals surface area contributed by atoms with Crippen molar-refractivity contribution in [2.24, 2.45) is 0 Å². The van der Waals surface area contributed by atoms with Gasteiger partial charge in [0.25, 0.3) is 0 Å². The fraction of sp³-hybridized carbons (Fsp3) is 0.250. The Hall–Kier alpha value is -1.81. The quantitative estimate of drug-likeness (QED) is 0.836. The molecule has 0 unspecified atom stereocenters. The maximum Gasteiger partial charge on any atom is 0.123 e. The van der Waals surface area contributed by atoms with E-state index in [2.05, 4.69) is 10.4 Å². The second-order valence-corrected chi connectivity index (χ2v) is 3.84. The molecule has 2 heterocycles. The second-order valence-electron chi connectivity index (χ2n) is 3.84. The van der Waals surface area contributed by atoms with Crippen LogP contribution in [0.3, 0.4) is 0 Å². The monoisotopic (exact) mass is 215 g/mol. The molecule has 1 fully saturated rings. The van der Waals surface area contributed by atoms with Crippen LogP contribution in [0.1, 0.15) is 0 Å². The molecule has 1 N–H and O–H groups in total. The summed E-state index contributed by atoms with van der Waals surface area (Å²) in [6, 6.07) is 9.89. The predicted octanol–water partition coefficient (Wildman–Crippen LogP) is 1.22. The largest absolute Gasteiger partial charge is 0.488 e. The maximum atomic E-state index is 5.73. The number of nitrogens with zero attached hydrogens (tertiary/aromatic N) is 2. The molecular weight excluding hydrogens is 202 g/mol. The summed E-state index contributed by atoms with van der Waals surface area (Å²) in [4.78, 5) is 0. The first-order valence-corrected chi connectivity index (χ1v) is 5.39. The molecule has 3 rings (SSSR count). The van der Waals surface area contributed by atoms with Crippen LogP contribution in [0, 0.1) is 0 Å². The fourth-order valence-corrected chi connectivity index (χ4v) is 1.64. The highest BCUT2D eigenvalue weighted by Crippen LogP contribution is 2.16. The molecule has 4 nitrogen and oxygen atoms in total. The number of hydrogen-bond acceptors (Lipinski definition) is 3. The van der Waals surface area contributed by atoms with E-state index in [1.165, 1.54) is 0 Å². The van der Waals surface area contributed by atoms with Crippen LogP contribution in [0.15, 0.2) is 42.7 Å². The zero-order valence-corrected chi connectivity index (χ0v) is 8.84. The van der Waals surface area contributed by atoms with E-state index < -0.39 is 0 Å². The van der Waals surface area contributed by atoms with Crippen molar-refractivity contribution >= 4 is 0 Å². The maximum absolute atomic E-state index is 5.73. The summed E-state index contributed by atoms with van der Waals surface area (Å²) < 4.78 is 7.56. The standard InChI is InChI=1S/C12H13N3O/c1-6-14-15(7-1)10-2-4-11(5-3-10)16-12-8-13-9-12/h1-7,12-13H,8-9H2. The molecule has 0 radical (unpaired) electrons. The first-order valence-electron chi connectivity index (χ1n) is 5.39. The topological polar surface area (TPSA) is 39.1 Å². The van der Waals surface area contributed by atoms with Crippen molar-refractivity contribution in [3.63, 3.8) is 0 Å². The molecule has 2 aromatic rings. The van der Waals surface area contributed by atoms with Gasteiger partial charge in [-0.05, 0) is 30.3 Å². The SMILES string of the molecule is c1cnn(-c2ccc(OC3CNC3)cc2)c1. The Labute approximate surface area is 93.8 Å². The van der Waals surface area contributed by atoms with Gasteiger partial charge in [0.15, 0.2) is 0 Å². The molecule has 0 aliphatic carbocycles. The molecule has 82 valence electrons. The molecule has 0 amide bonds. The number of aromatic nitrogens is 2. The lowest BCUT2D eigenvalue weighted by atomic mass is 10.2. The number of hydrogen-bond donors (Lipinski definition) is 1. The first-order chi connectivity index (χ1) is 7.92. The minimum absolute atomic E-state index is 0.329. The highest BCUT2D eigenvalue weighted by Gasteiger charge is 2.17. The molecule has 0 spiro atoms. The molecule has 1 aromatic heterocycles. The van der Waals surface area contributed by atoms with E-state index in [-0.39, 0.29) is 0 Å². The molecule has 1 aromatic carbocycles. The minimum Gasteiger partial charge on any atom is -0.488 e. The number of rotatable bonds is 3. The molecule has 4 heteroatoms. The molecular formula is C12H13N3O. The summed E-state index contributed by atoms with van der Waals surface area (Å²) >= 11 is 0. The van der Waals surface area contributed by atoms with Gasteiger partial charge in [-0.15, -0.1) is 0 Å². The van der Waals surface area contributed by atoms with Gasteiger partial charge in [0, 0.05) is 25.5 Å². The third-order valence-corrected chi connectivity index (χ3v) is 2.65. The Morgan fingerprint density at radius 3 is 2.62 bits per heavy atom. The van der Waals surface area contributed by atoms with Crippen molar-refractivity contribution < 1.29 is 4.74 Å². The van der Waals surface area contributed by atoms with Crippen LogP contribution in [0.4, 0.5) is 0 Å². The molecule has 0 atom stereocenters. The van der Waals surface area contributed by atoms with Crippen LogP contribution in [0.25, 0.3) is 5.69 Å². The van der Waals surface area contributed by atoms with Gasteiger partial charge >= 0.3 is 0 Å². The van der Waals surface area contributed by atoms with Crippen molar-refractivity contribution in [1.29, 1.82) is 0 Å². The van der Waals surface area contributed by atoms with E-state index in [4.69, 9.17) is 4.74 Å². The van der Waals surface area contributed by atoms with Crippen LogP contribution in [0.5, 0.6) is 5.75 Å². The van der Waals surface area contributed by atoms with Crippen molar-refractivity contribution in [2.75, 3.05) is 13.1 Å². The first kappa shape index (κ1) is 9.42. The zero-order valence-electron chi connectivity index (χ0n) is 8.84. The van der Waals surface area contributed by atoms with Crippen LogP contribution >= 0.6 is 0 Å². The number of nitrogens with one attached hydrogen (secondary N) is 1. The highest BCUT2D eigenvalue weighted by molar-refractivity contribution is 5.36. The van der Waals surface area contributed by atoms with E-state index in [9.17, 15) is 0 Å². The summed E-state index contributed by atoms with van der Waals surface area (Å²) in [5.74, 6) is 0.919. The lowest BCUT2D eigenvalue weighted by Gasteiger charge is -2.27. The number of ether oxygens (including phenoxy) is 1. The van der Waals surface area contributed by atoms with Crippen LogP contribution in [-0.2, 0) is 0 Å². The number of benzene rings is 1. The van der Waals surface area contributed by atoms with E-state index in [0.29, 0.717) is 6.10 Å². The van der Waals surface area contributed by atoms with Gasteiger partial charge in [0.2, 0.25) is 0 Å². The van der Waals surface area contributed by atoms with Gasteiger partial charge in [-0.2, -0.15) is 5.10 Å². The molecule has 0 saturated carbocycles. The zero-order chi connectivity index (χ0) is 10.8. The average Bonchev–Trinajstić information content (AvgIpc) is 2.78. The van der Waals surface area contributed by atoms with Gasteiger partial charge in [0.1, 0.15) is 11.9 Å². The van der Waals surface area contributed by atoms with Gasteiger partial charge in [0.05, 0.1) is 5.69 Å². The minimum atomic E-state index is 0.329. The molecule has 1 aliphatic heterocycles. The van der Waals surface area contributed by atoms with Crippen LogP contribution in [-0.4, -0.2) is 29.0 Å². The predicted molar refractivity (Wildman–Crippen MR) is 60.8 cm³/mol. The van der Waals surface area contributed by atoms with E-state index in [0.717, 1.165) is 24.5 Å². The third-order valence-electron chi connectivity index (χ3n) is 2.65. The van der Waals surface area contributed by atoms with Crippen molar-refractivity contribution in [1.82, 2.24) is 15.1 Å². The fourth-order valence-electron chi connectivity index (χ4n) is 1.64. The van der Waals surface area contributed by atoms with E-state index >= 15 is 0 Å². The smallest absolute Gasteiger partial charge is 0.123 e. The summed E-state index contributed by atoms with van der Waals surface area (Å²) in [7, 11) is 0. The summed E-state index contributed by atoms with van der Waals surface area (Å²) in [6.45, 7) is 1.89. The van der Waals surface area contributed by atoms with Gasteiger partial charge in [-0.1, -0.05) is 0 Å². The van der Waals surface area contributed by atoms with Crippen LogP contribution < -0.4 is 10.1 Å². The normalized spacial score (nSPS) is 15.8. The summed E-state index contributed by atoms with van der Waals surface area (Å²) in [5, 5.41) is 7.35. The van der Waals surface area contributed by atoms with Gasteiger partial charge < -0.3 is 10.1 Å². The third kappa shape index (κ3) is 1.79. The average molecular weight is 215 g/mol. The molecule has 0 bridgehead atoms. The van der Waals surface area contributed by atoms with Crippen LogP contribution in [0.2, 0.25) is 0 Å². The Kier molecular flexibility index (Phi) is 2.34. The van der Waals surface area contributed by atoms with Gasteiger partial charge in [-0.25, -0.2) is 4.68 Å². The summed E-state index contributed by atoms with van der Waals surface area (Å²) in [5.41, 5.74) is 1.05. The Balaban J connectivity index is 1.74. The van der Waals surface area contributed by atoms with Crippen molar-refractivity contribution in [3.05, 3.63) is 42.7 Å². The highest BCUT2D eigenvalue weighted by atomic mass is 16.5. The molecule has 1 saturated heterocycles.